The molecule has 3 aromatic rings. The molecule has 0 aromatic heterocycles. The van der Waals surface area contributed by atoms with Gasteiger partial charge < -0.3 is 9.64 Å². The molecule has 154 valence electrons. The van der Waals surface area contributed by atoms with Crippen LogP contribution >= 0.6 is 23.4 Å². The second-order valence-electron chi connectivity index (χ2n) is 6.64. The third-order valence-electron chi connectivity index (χ3n) is 4.51. The summed E-state index contributed by atoms with van der Waals surface area (Å²) in [6, 6.07) is 24.6. The highest BCUT2D eigenvalue weighted by atomic mass is 35.5. The van der Waals surface area contributed by atoms with Crippen molar-refractivity contribution < 1.29 is 14.3 Å². The van der Waals surface area contributed by atoms with Crippen molar-refractivity contribution in [3.8, 4) is 0 Å². The van der Waals surface area contributed by atoms with E-state index in [2.05, 4.69) is 0 Å². The summed E-state index contributed by atoms with van der Waals surface area (Å²) in [7, 11) is 0. The maximum atomic E-state index is 12.9. The van der Waals surface area contributed by atoms with Gasteiger partial charge in [0, 0.05) is 18.0 Å². The number of esters is 1. The van der Waals surface area contributed by atoms with Gasteiger partial charge in [-0.05, 0) is 35.6 Å². The van der Waals surface area contributed by atoms with Gasteiger partial charge in [-0.1, -0.05) is 72.3 Å². The van der Waals surface area contributed by atoms with E-state index in [0.717, 1.165) is 16.0 Å². The fraction of sp³-hybridized carbons (Fsp3) is 0.167. The van der Waals surface area contributed by atoms with E-state index >= 15 is 0 Å². The first-order valence-electron chi connectivity index (χ1n) is 9.43. The largest absolute Gasteiger partial charge is 0.452 e. The number of hydrogen-bond donors (Lipinski definition) is 0. The van der Waals surface area contributed by atoms with E-state index in [9.17, 15) is 9.59 Å². The van der Waals surface area contributed by atoms with Crippen LogP contribution in [0, 0.1) is 0 Å². The average molecular weight is 440 g/mol. The normalized spacial score (nSPS) is 10.5. The highest BCUT2D eigenvalue weighted by molar-refractivity contribution is 7.98. The Balaban J connectivity index is 1.70. The van der Waals surface area contributed by atoms with Crippen molar-refractivity contribution in [1.29, 1.82) is 0 Å². The minimum atomic E-state index is -0.608. The SMILES string of the molecule is CSc1ccc(Cl)c(C(=O)OCC(=O)N(Cc2ccccc2)Cc2ccccc2)c1. The summed E-state index contributed by atoms with van der Waals surface area (Å²) >= 11 is 7.63. The molecule has 30 heavy (non-hydrogen) atoms. The van der Waals surface area contributed by atoms with Gasteiger partial charge in [0.15, 0.2) is 6.61 Å². The lowest BCUT2D eigenvalue weighted by molar-refractivity contribution is -0.135. The fourth-order valence-corrected chi connectivity index (χ4v) is 3.56. The van der Waals surface area contributed by atoms with E-state index in [0.29, 0.717) is 18.1 Å². The van der Waals surface area contributed by atoms with Gasteiger partial charge in [0.25, 0.3) is 5.91 Å². The van der Waals surface area contributed by atoms with Crippen LogP contribution in [-0.4, -0.2) is 29.6 Å². The predicted molar refractivity (Wildman–Crippen MR) is 121 cm³/mol. The summed E-state index contributed by atoms with van der Waals surface area (Å²) in [6.07, 6.45) is 1.91. The van der Waals surface area contributed by atoms with Crippen molar-refractivity contribution in [3.05, 3.63) is 101 Å². The van der Waals surface area contributed by atoms with Crippen molar-refractivity contribution in [1.82, 2.24) is 4.90 Å². The van der Waals surface area contributed by atoms with Crippen LogP contribution in [-0.2, 0) is 22.6 Å². The number of rotatable bonds is 8. The summed E-state index contributed by atoms with van der Waals surface area (Å²) in [5.41, 5.74) is 2.27. The quantitative estimate of drug-likeness (QED) is 0.346. The summed E-state index contributed by atoms with van der Waals surface area (Å²) in [5.74, 6) is -0.878. The van der Waals surface area contributed by atoms with Crippen molar-refractivity contribution in [2.24, 2.45) is 0 Å². The molecule has 3 rings (SSSR count). The molecular formula is C24H22ClNO3S. The van der Waals surface area contributed by atoms with E-state index in [1.807, 2.05) is 73.0 Å². The molecule has 0 radical (unpaired) electrons. The fourth-order valence-electron chi connectivity index (χ4n) is 2.92. The van der Waals surface area contributed by atoms with Crippen LogP contribution in [0.15, 0.2) is 83.8 Å². The third-order valence-corrected chi connectivity index (χ3v) is 5.56. The molecule has 6 heteroatoms. The van der Waals surface area contributed by atoms with E-state index in [1.165, 1.54) is 11.8 Å². The van der Waals surface area contributed by atoms with Gasteiger partial charge in [0.2, 0.25) is 0 Å². The van der Waals surface area contributed by atoms with Gasteiger partial charge in [-0.2, -0.15) is 0 Å². The second-order valence-corrected chi connectivity index (χ2v) is 7.93. The molecule has 0 N–H and O–H groups in total. The number of thioether (sulfide) groups is 1. The van der Waals surface area contributed by atoms with Crippen LogP contribution in [0.2, 0.25) is 5.02 Å². The maximum Gasteiger partial charge on any atom is 0.340 e. The van der Waals surface area contributed by atoms with Gasteiger partial charge in [0.1, 0.15) is 0 Å². The lowest BCUT2D eigenvalue weighted by atomic mass is 10.1. The van der Waals surface area contributed by atoms with E-state index in [1.54, 1.807) is 17.0 Å². The number of nitrogens with zero attached hydrogens (tertiary/aromatic N) is 1. The molecule has 0 spiro atoms. The lowest BCUT2D eigenvalue weighted by Gasteiger charge is -2.23. The van der Waals surface area contributed by atoms with Crippen LogP contribution in [0.3, 0.4) is 0 Å². The Morgan fingerprint density at radius 1 is 0.900 bits per heavy atom. The highest BCUT2D eigenvalue weighted by Gasteiger charge is 2.19. The van der Waals surface area contributed by atoms with Crippen LogP contribution in [0.1, 0.15) is 21.5 Å². The lowest BCUT2D eigenvalue weighted by Crippen LogP contribution is -2.34. The van der Waals surface area contributed by atoms with E-state index < -0.39 is 5.97 Å². The predicted octanol–water partition coefficient (Wildman–Crippen LogP) is 5.45. The number of hydrogen-bond acceptors (Lipinski definition) is 4. The van der Waals surface area contributed by atoms with Gasteiger partial charge in [-0.25, -0.2) is 4.79 Å². The Bertz CT molecular complexity index is 954. The van der Waals surface area contributed by atoms with Gasteiger partial charge in [-0.3, -0.25) is 4.79 Å². The van der Waals surface area contributed by atoms with Crippen molar-refractivity contribution in [3.63, 3.8) is 0 Å². The summed E-state index contributed by atoms with van der Waals surface area (Å²) in [6.45, 7) is 0.502. The first-order valence-corrected chi connectivity index (χ1v) is 11.0. The Morgan fingerprint density at radius 3 is 2.00 bits per heavy atom. The minimum Gasteiger partial charge on any atom is -0.452 e. The molecule has 1 amide bonds. The molecule has 0 aliphatic carbocycles. The number of carbonyl (C=O) groups excluding carboxylic acids is 2. The van der Waals surface area contributed by atoms with Crippen LogP contribution in [0.4, 0.5) is 0 Å². The van der Waals surface area contributed by atoms with Crippen molar-refractivity contribution in [2.75, 3.05) is 12.9 Å². The first-order chi connectivity index (χ1) is 14.6. The van der Waals surface area contributed by atoms with E-state index in [-0.39, 0.29) is 18.1 Å². The van der Waals surface area contributed by atoms with Crippen LogP contribution < -0.4 is 0 Å². The molecule has 4 nitrogen and oxygen atoms in total. The molecule has 0 saturated carbocycles. The number of carbonyl (C=O) groups is 2. The Kier molecular flexibility index (Phi) is 7.94. The summed E-state index contributed by atoms with van der Waals surface area (Å²) < 4.78 is 5.30. The topological polar surface area (TPSA) is 46.6 Å². The molecule has 0 atom stereocenters. The Hall–Kier alpha value is -2.76. The average Bonchev–Trinajstić information content (AvgIpc) is 2.78. The zero-order chi connectivity index (χ0) is 21.3. The molecule has 0 fully saturated rings. The summed E-state index contributed by atoms with van der Waals surface area (Å²) in [5, 5.41) is 0.302. The maximum absolute atomic E-state index is 12.9. The highest BCUT2D eigenvalue weighted by Crippen LogP contribution is 2.23. The standard InChI is InChI=1S/C24H22ClNO3S/c1-30-20-12-13-22(25)21(14-20)24(28)29-17-23(27)26(15-18-8-4-2-5-9-18)16-19-10-6-3-7-11-19/h2-14H,15-17H2,1H3. The van der Waals surface area contributed by atoms with Crippen LogP contribution in [0.5, 0.6) is 0 Å². The smallest absolute Gasteiger partial charge is 0.340 e. The molecule has 0 heterocycles. The molecular weight excluding hydrogens is 418 g/mol. The van der Waals surface area contributed by atoms with Crippen molar-refractivity contribution >= 4 is 35.2 Å². The number of benzene rings is 3. The number of ether oxygens (including phenoxy) is 1. The first kappa shape index (κ1) is 21.9. The monoisotopic (exact) mass is 439 g/mol. The zero-order valence-corrected chi connectivity index (χ0v) is 18.2. The number of halogens is 1. The molecule has 0 bridgehead atoms. The molecule has 0 aliphatic heterocycles. The second kappa shape index (κ2) is 10.9. The molecule has 0 saturated heterocycles. The van der Waals surface area contributed by atoms with E-state index in [4.69, 9.17) is 16.3 Å². The molecule has 0 aliphatic rings. The van der Waals surface area contributed by atoms with Gasteiger partial charge >= 0.3 is 5.97 Å². The number of amides is 1. The minimum absolute atomic E-state index is 0.258. The molecule has 0 unspecified atom stereocenters. The Morgan fingerprint density at radius 2 is 1.47 bits per heavy atom. The van der Waals surface area contributed by atoms with Crippen LogP contribution in [0.25, 0.3) is 0 Å². The van der Waals surface area contributed by atoms with Gasteiger partial charge in [-0.15, -0.1) is 11.8 Å². The molecule has 3 aromatic carbocycles. The van der Waals surface area contributed by atoms with Gasteiger partial charge in [0.05, 0.1) is 10.6 Å². The summed E-state index contributed by atoms with van der Waals surface area (Å²) in [4.78, 5) is 28.0. The Labute approximate surface area is 185 Å². The third kappa shape index (κ3) is 6.12. The van der Waals surface area contributed by atoms with Crippen molar-refractivity contribution in [2.45, 2.75) is 18.0 Å². The zero-order valence-electron chi connectivity index (χ0n) is 16.6.